The molecule has 0 aliphatic heterocycles. The average molecular weight is 272 g/mol. The van der Waals surface area contributed by atoms with Crippen LogP contribution in [-0.2, 0) is 7.05 Å². The number of amides is 1. The van der Waals surface area contributed by atoms with E-state index in [2.05, 4.69) is 29.6 Å². The van der Waals surface area contributed by atoms with Crippen LogP contribution >= 0.6 is 0 Å². The Labute approximate surface area is 119 Å². The molecule has 5 heteroatoms. The normalized spacial score (nSPS) is 12.2. The van der Waals surface area contributed by atoms with E-state index in [0.29, 0.717) is 5.69 Å². The molecule has 2 aromatic rings. The molecule has 1 heterocycles. The summed E-state index contributed by atoms with van der Waals surface area (Å²) < 4.78 is 1.56. The van der Waals surface area contributed by atoms with E-state index in [9.17, 15) is 4.79 Å². The summed E-state index contributed by atoms with van der Waals surface area (Å²) in [5.41, 5.74) is 2.48. The molecule has 0 fully saturated rings. The third-order valence-corrected chi connectivity index (χ3v) is 3.21. The average Bonchev–Trinajstić information content (AvgIpc) is 2.85. The van der Waals surface area contributed by atoms with Gasteiger partial charge < -0.3 is 10.6 Å². The zero-order valence-corrected chi connectivity index (χ0v) is 12.1. The fourth-order valence-electron chi connectivity index (χ4n) is 2.10. The lowest BCUT2D eigenvalue weighted by molar-refractivity contribution is 0.101. The van der Waals surface area contributed by atoms with Crippen molar-refractivity contribution in [2.24, 2.45) is 7.05 Å². The van der Waals surface area contributed by atoms with Crippen molar-refractivity contribution in [3.63, 3.8) is 0 Å². The molecule has 1 amide bonds. The molecule has 0 saturated heterocycles. The molecule has 0 saturated carbocycles. The summed E-state index contributed by atoms with van der Waals surface area (Å²) in [5.74, 6) is -0.154. The first-order valence-electron chi connectivity index (χ1n) is 6.74. The highest BCUT2D eigenvalue weighted by atomic mass is 16.2. The van der Waals surface area contributed by atoms with Gasteiger partial charge in [-0.1, -0.05) is 19.1 Å². The SMILES string of the molecule is CCNC(C)c1cccc(NC(=O)c2ccnn2C)c1. The van der Waals surface area contributed by atoms with Crippen molar-refractivity contribution in [2.45, 2.75) is 19.9 Å². The minimum atomic E-state index is -0.154. The Morgan fingerprint density at radius 3 is 2.85 bits per heavy atom. The molecule has 2 N–H and O–H groups in total. The van der Waals surface area contributed by atoms with Crippen LogP contribution in [0.5, 0.6) is 0 Å². The summed E-state index contributed by atoms with van der Waals surface area (Å²) in [6.07, 6.45) is 1.61. The third-order valence-electron chi connectivity index (χ3n) is 3.21. The second-order valence-corrected chi connectivity index (χ2v) is 4.70. The Morgan fingerprint density at radius 2 is 2.20 bits per heavy atom. The second-order valence-electron chi connectivity index (χ2n) is 4.70. The molecule has 0 spiro atoms. The maximum atomic E-state index is 12.1. The van der Waals surface area contributed by atoms with Crippen LogP contribution in [0, 0.1) is 0 Å². The van der Waals surface area contributed by atoms with Crippen LogP contribution in [0.3, 0.4) is 0 Å². The van der Waals surface area contributed by atoms with Crippen molar-refractivity contribution < 1.29 is 4.79 Å². The highest BCUT2D eigenvalue weighted by Gasteiger charge is 2.11. The maximum absolute atomic E-state index is 12.1. The van der Waals surface area contributed by atoms with E-state index in [1.54, 1.807) is 24.0 Å². The van der Waals surface area contributed by atoms with E-state index >= 15 is 0 Å². The van der Waals surface area contributed by atoms with Crippen LogP contribution in [0.1, 0.15) is 35.9 Å². The standard InChI is InChI=1S/C15H20N4O/c1-4-16-11(2)12-6-5-7-13(10-12)18-15(20)14-8-9-17-19(14)3/h5-11,16H,4H2,1-3H3,(H,18,20). The highest BCUT2D eigenvalue weighted by Crippen LogP contribution is 2.17. The molecule has 20 heavy (non-hydrogen) atoms. The van der Waals surface area contributed by atoms with Gasteiger partial charge in [-0.3, -0.25) is 9.48 Å². The van der Waals surface area contributed by atoms with Crippen molar-refractivity contribution in [2.75, 3.05) is 11.9 Å². The van der Waals surface area contributed by atoms with Gasteiger partial charge in [0.1, 0.15) is 5.69 Å². The number of hydrogen-bond donors (Lipinski definition) is 2. The van der Waals surface area contributed by atoms with Gasteiger partial charge in [-0.2, -0.15) is 5.10 Å². The number of benzene rings is 1. The number of anilines is 1. The maximum Gasteiger partial charge on any atom is 0.273 e. The molecule has 0 radical (unpaired) electrons. The number of nitrogens with zero attached hydrogens (tertiary/aromatic N) is 2. The topological polar surface area (TPSA) is 58.9 Å². The number of nitrogens with one attached hydrogen (secondary N) is 2. The summed E-state index contributed by atoms with van der Waals surface area (Å²) in [5, 5.41) is 10.2. The van der Waals surface area contributed by atoms with Gasteiger partial charge in [-0.05, 0) is 37.2 Å². The van der Waals surface area contributed by atoms with Gasteiger partial charge in [-0.25, -0.2) is 0 Å². The Balaban J connectivity index is 2.12. The molecule has 1 unspecified atom stereocenters. The highest BCUT2D eigenvalue weighted by molar-refractivity contribution is 6.03. The fraction of sp³-hybridized carbons (Fsp3) is 0.333. The Kier molecular flexibility index (Phi) is 4.53. The fourth-order valence-corrected chi connectivity index (χ4v) is 2.10. The van der Waals surface area contributed by atoms with Crippen LogP contribution in [0.4, 0.5) is 5.69 Å². The van der Waals surface area contributed by atoms with Gasteiger partial charge in [0.15, 0.2) is 0 Å². The van der Waals surface area contributed by atoms with Crippen LogP contribution in [0.15, 0.2) is 36.5 Å². The quantitative estimate of drug-likeness (QED) is 0.878. The molecule has 1 aromatic carbocycles. The van der Waals surface area contributed by atoms with Crippen LogP contribution < -0.4 is 10.6 Å². The van der Waals surface area contributed by atoms with Crippen molar-refractivity contribution in [3.05, 3.63) is 47.8 Å². The van der Waals surface area contributed by atoms with Gasteiger partial charge in [0.05, 0.1) is 0 Å². The number of hydrogen-bond acceptors (Lipinski definition) is 3. The monoisotopic (exact) mass is 272 g/mol. The molecule has 5 nitrogen and oxygen atoms in total. The molecular weight excluding hydrogens is 252 g/mol. The van der Waals surface area contributed by atoms with E-state index in [4.69, 9.17) is 0 Å². The van der Waals surface area contributed by atoms with Gasteiger partial charge in [-0.15, -0.1) is 0 Å². The van der Waals surface area contributed by atoms with E-state index in [0.717, 1.165) is 17.8 Å². The van der Waals surface area contributed by atoms with E-state index < -0.39 is 0 Å². The molecule has 2 rings (SSSR count). The van der Waals surface area contributed by atoms with Crippen LogP contribution in [-0.4, -0.2) is 22.2 Å². The molecule has 0 aliphatic rings. The predicted molar refractivity (Wildman–Crippen MR) is 79.7 cm³/mol. The van der Waals surface area contributed by atoms with E-state index in [-0.39, 0.29) is 11.9 Å². The summed E-state index contributed by atoms with van der Waals surface area (Å²) >= 11 is 0. The zero-order valence-electron chi connectivity index (χ0n) is 12.1. The smallest absolute Gasteiger partial charge is 0.273 e. The van der Waals surface area contributed by atoms with Crippen molar-refractivity contribution in [1.29, 1.82) is 0 Å². The van der Waals surface area contributed by atoms with Gasteiger partial charge in [0.25, 0.3) is 5.91 Å². The lowest BCUT2D eigenvalue weighted by Gasteiger charge is -2.14. The van der Waals surface area contributed by atoms with E-state index in [1.165, 1.54) is 0 Å². The summed E-state index contributed by atoms with van der Waals surface area (Å²) in [7, 11) is 1.75. The second kappa shape index (κ2) is 6.34. The van der Waals surface area contributed by atoms with Crippen molar-refractivity contribution >= 4 is 11.6 Å². The van der Waals surface area contributed by atoms with Gasteiger partial charge >= 0.3 is 0 Å². The van der Waals surface area contributed by atoms with Crippen LogP contribution in [0.2, 0.25) is 0 Å². The molecule has 0 aliphatic carbocycles. The van der Waals surface area contributed by atoms with Crippen LogP contribution in [0.25, 0.3) is 0 Å². The first-order valence-corrected chi connectivity index (χ1v) is 6.74. The number of carbonyl (C=O) groups is 1. The minimum Gasteiger partial charge on any atom is -0.321 e. The molecule has 106 valence electrons. The Bertz CT molecular complexity index is 591. The first kappa shape index (κ1) is 14.3. The Hall–Kier alpha value is -2.14. The molecule has 1 aromatic heterocycles. The first-order chi connectivity index (χ1) is 9.61. The molecular formula is C15H20N4O. The van der Waals surface area contributed by atoms with Gasteiger partial charge in [0.2, 0.25) is 0 Å². The minimum absolute atomic E-state index is 0.154. The molecule has 1 atom stereocenters. The Morgan fingerprint density at radius 1 is 1.40 bits per heavy atom. The van der Waals surface area contributed by atoms with E-state index in [1.807, 2.05) is 24.3 Å². The number of carbonyl (C=O) groups excluding carboxylic acids is 1. The summed E-state index contributed by atoms with van der Waals surface area (Å²) in [6.45, 7) is 5.09. The molecule has 0 bridgehead atoms. The third kappa shape index (κ3) is 3.24. The number of aryl methyl sites for hydroxylation is 1. The van der Waals surface area contributed by atoms with Crippen molar-refractivity contribution in [3.8, 4) is 0 Å². The lowest BCUT2D eigenvalue weighted by Crippen LogP contribution is -2.19. The number of aromatic nitrogens is 2. The number of rotatable bonds is 5. The zero-order chi connectivity index (χ0) is 14.5. The lowest BCUT2D eigenvalue weighted by atomic mass is 10.1. The summed E-state index contributed by atoms with van der Waals surface area (Å²) in [4.78, 5) is 12.1. The largest absolute Gasteiger partial charge is 0.321 e. The predicted octanol–water partition coefficient (Wildman–Crippen LogP) is 2.34. The summed E-state index contributed by atoms with van der Waals surface area (Å²) in [6, 6.07) is 9.82. The van der Waals surface area contributed by atoms with Gasteiger partial charge in [0, 0.05) is 25.0 Å². The van der Waals surface area contributed by atoms with Crippen molar-refractivity contribution in [1.82, 2.24) is 15.1 Å².